The van der Waals surface area contributed by atoms with Gasteiger partial charge in [-0.3, -0.25) is 9.67 Å². The molecule has 0 bridgehead atoms. The van der Waals surface area contributed by atoms with E-state index >= 15 is 0 Å². The first kappa shape index (κ1) is 20.8. The fourth-order valence-corrected chi connectivity index (χ4v) is 5.11. The van der Waals surface area contributed by atoms with E-state index in [0.717, 1.165) is 24.2 Å². The monoisotopic (exact) mass is 450 g/mol. The van der Waals surface area contributed by atoms with E-state index < -0.39 is 0 Å². The van der Waals surface area contributed by atoms with E-state index in [2.05, 4.69) is 38.5 Å². The predicted octanol–water partition coefficient (Wildman–Crippen LogP) is 4.47. The van der Waals surface area contributed by atoms with E-state index in [1.165, 1.54) is 48.6 Å². The van der Waals surface area contributed by atoms with Crippen LogP contribution >= 0.6 is 12.2 Å². The topological polar surface area (TPSA) is 82.9 Å². The third-order valence-electron chi connectivity index (χ3n) is 6.59. The van der Waals surface area contributed by atoms with Crippen molar-refractivity contribution < 1.29 is 14.8 Å². The zero-order valence-electron chi connectivity index (χ0n) is 18.4. The molecule has 7 nitrogen and oxygen atoms in total. The van der Waals surface area contributed by atoms with Crippen molar-refractivity contribution in [2.45, 2.75) is 52.0 Å². The fraction of sp³-hybridized carbons (Fsp3) is 0.375. The van der Waals surface area contributed by atoms with Gasteiger partial charge in [-0.2, -0.15) is 5.10 Å². The lowest BCUT2D eigenvalue weighted by Crippen LogP contribution is -2.33. The van der Waals surface area contributed by atoms with Crippen LogP contribution in [-0.2, 0) is 26.4 Å². The first-order valence-corrected chi connectivity index (χ1v) is 11.6. The van der Waals surface area contributed by atoms with Gasteiger partial charge in [-0.05, 0) is 61.7 Å². The molecule has 0 aliphatic carbocycles. The molecule has 0 atom stereocenters. The first-order chi connectivity index (χ1) is 15.5. The third-order valence-corrected chi connectivity index (χ3v) is 6.87. The standard InChI is InChI=1S/C24H27N5O2S/c1-3-15-12-17(21(31)14-20(15)30)23-25-26-24(32)29(23)16-9-10-18-19(13-16)28-11-7-5-4-6-8-22(28)27(18)2/h9-10,12-14H,3-8,11H2,1-2H3,(H2-,25,26,30,31,32)/p+1. The van der Waals surface area contributed by atoms with E-state index in [0.29, 0.717) is 22.6 Å². The number of phenols is 2. The number of nitrogens with one attached hydrogen (secondary N) is 1. The average molecular weight is 451 g/mol. The lowest BCUT2D eigenvalue weighted by atomic mass is 10.1. The number of aryl methyl sites for hydroxylation is 3. The van der Waals surface area contributed by atoms with E-state index in [-0.39, 0.29) is 11.5 Å². The zero-order valence-corrected chi connectivity index (χ0v) is 19.2. The molecule has 0 saturated carbocycles. The van der Waals surface area contributed by atoms with Crippen LogP contribution in [0.2, 0.25) is 0 Å². The molecule has 0 saturated heterocycles. The van der Waals surface area contributed by atoms with Crippen LogP contribution in [0, 0.1) is 4.77 Å². The van der Waals surface area contributed by atoms with E-state index in [1.54, 1.807) is 6.07 Å². The summed E-state index contributed by atoms with van der Waals surface area (Å²) < 4.78 is 7.05. The van der Waals surface area contributed by atoms with Crippen molar-refractivity contribution in [2.24, 2.45) is 7.05 Å². The normalized spacial score (nSPS) is 14.3. The average Bonchev–Trinajstić information content (AvgIpc) is 3.25. The zero-order chi connectivity index (χ0) is 22.4. The summed E-state index contributed by atoms with van der Waals surface area (Å²) in [5, 5.41) is 28.0. The summed E-state index contributed by atoms with van der Waals surface area (Å²) in [6.45, 7) is 2.97. The fourth-order valence-electron chi connectivity index (χ4n) is 4.87. The van der Waals surface area contributed by atoms with E-state index in [9.17, 15) is 10.2 Å². The third kappa shape index (κ3) is 3.30. The van der Waals surface area contributed by atoms with Crippen LogP contribution in [-0.4, -0.2) is 29.5 Å². The van der Waals surface area contributed by atoms with Gasteiger partial charge < -0.3 is 10.2 Å². The number of aromatic hydroxyl groups is 2. The summed E-state index contributed by atoms with van der Waals surface area (Å²) >= 11 is 5.58. The van der Waals surface area contributed by atoms with Crippen molar-refractivity contribution in [3.05, 3.63) is 46.5 Å². The molecular formula is C24H28N5O2S+. The van der Waals surface area contributed by atoms with Gasteiger partial charge in [0.2, 0.25) is 0 Å². The minimum Gasteiger partial charge on any atom is -0.508 e. The number of benzene rings is 2. The van der Waals surface area contributed by atoms with Gasteiger partial charge in [0.25, 0.3) is 5.82 Å². The molecule has 2 aromatic carbocycles. The van der Waals surface area contributed by atoms with E-state index in [4.69, 9.17) is 12.2 Å². The highest BCUT2D eigenvalue weighted by molar-refractivity contribution is 7.71. The number of nitrogens with zero attached hydrogens (tertiary/aromatic N) is 4. The summed E-state index contributed by atoms with van der Waals surface area (Å²) in [5.41, 5.74) is 4.54. The SMILES string of the molecule is CCc1cc(-c2n[nH]c(=S)n2-c2ccc3c(c2)n2c([n+]3C)CCCCCC2)c(O)cc1O. The van der Waals surface area contributed by atoms with Crippen LogP contribution in [0.25, 0.3) is 28.1 Å². The van der Waals surface area contributed by atoms with Crippen molar-refractivity contribution in [1.82, 2.24) is 19.3 Å². The van der Waals surface area contributed by atoms with Crippen molar-refractivity contribution in [3.8, 4) is 28.6 Å². The Morgan fingerprint density at radius 2 is 1.91 bits per heavy atom. The van der Waals surface area contributed by atoms with Crippen molar-refractivity contribution >= 4 is 23.3 Å². The molecule has 3 N–H and O–H groups in total. The van der Waals surface area contributed by atoms with Gasteiger partial charge in [0.15, 0.2) is 21.6 Å². The number of aromatic nitrogens is 5. The molecule has 0 spiro atoms. The number of hydrogen-bond donors (Lipinski definition) is 3. The largest absolute Gasteiger partial charge is 0.508 e. The van der Waals surface area contributed by atoms with Gasteiger partial charge in [0, 0.05) is 18.6 Å². The number of H-pyrrole nitrogens is 1. The molecule has 4 aromatic rings. The van der Waals surface area contributed by atoms with Gasteiger partial charge in [-0.1, -0.05) is 13.3 Å². The number of hydrogen-bond acceptors (Lipinski definition) is 4. The molecule has 0 amide bonds. The molecule has 1 aliphatic rings. The number of aromatic amines is 1. The Morgan fingerprint density at radius 1 is 1.09 bits per heavy atom. The Bertz CT molecular complexity index is 1380. The lowest BCUT2D eigenvalue weighted by Gasteiger charge is -2.11. The number of fused-ring (bicyclic) bond motifs is 3. The van der Waals surface area contributed by atoms with Crippen LogP contribution in [0.5, 0.6) is 11.5 Å². The molecule has 5 rings (SSSR count). The summed E-state index contributed by atoms with van der Waals surface area (Å²) in [5.74, 6) is 1.92. The highest BCUT2D eigenvalue weighted by Crippen LogP contribution is 2.35. The van der Waals surface area contributed by atoms with Gasteiger partial charge in [-0.25, -0.2) is 9.13 Å². The van der Waals surface area contributed by atoms with Gasteiger partial charge >= 0.3 is 0 Å². The molecule has 0 unspecified atom stereocenters. The minimum atomic E-state index is -0.0322. The molecule has 32 heavy (non-hydrogen) atoms. The van der Waals surface area contributed by atoms with E-state index in [1.807, 2.05) is 17.6 Å². The highest BCUT2D eigenvalue weighted by Gasteiger charge is 2.25. The Morgan fingerprint density at radius 3 is 2.72 bits per heavy atom. The van der Waals surface area contributed by atoms with Crippen molar-refractivity contribution in [1.29, 1.82) is 0 Å². The van der Waals surface area contributed by atoms with Gasteiger partial charge in [0.1, 0.15) is 11.5 Å². The molecule has 8 heteroatoms. The molecular weight excluding hydrogens is 422 g/mol. The summed E-state index contributed by atoms with van der Waals surface area (Å²) in [6, 6.07) is 9.48. The number of phenolic OH excluding ortho intramolecular Hbond substituents is 2. The lowest BCUT2D eigenvalue weighted by molar-refractivity contribution is -0.654. The second kappa shape index (κ2) is 8.09. The van der Waals surface area contributed by atoms with Crippen molar-refractivity contribution in [2.75, 3.05) is 0 Å². The number of imidazole rings is 1. The van der Waals surface area contributed by atoms with Crippen LogP contribution in [0.3, 0.4) is 0 Å². The predicted molar refractivity (Wildman–Crippen MR) is 126 cm³/mol. The maximum absolute atomic E-state index is 10.6. The maximum Gasteiger partial charge on any atom is 0.257 e. The summed E-state index contributed by atoms with van der Waals surface area (Å²) in [6.07, 6.45) is 6.67. The Kier molecular flexibility index (Phi) is 5.25. The summed E-state index contributed by atoms with van der Waals surface area (Å²) in [4.78, 5) is 0. The molecule has 166 valence electrons. The second-order valence-electron chi connectivity index (χ2n) is 8.50. The minimum absolute atomic E-state index is 0.0322. The smallest absolute Gasteiger partial charge is 0.257 e. The molecule has 2 aromatic heterocycles. The maximum atomic E-state index is 10.6. The second-order valence-corrected chi connectivity index (χ2v) is 8.89. The molecule has 0 radical (unpaired) electrons. The van der Waals surface area contributed by atoms with Gasteiger partial charge in [0.05, 0.1) is 24.8 Å². The quantitative estimate of drug-likeness (QED) is 0.318. The Labute approximate surface area is 191 Å². The number of rotatable bonds is 3. The molecule has 1 aliphatic heterocycles. The van der Waals surface area contributed by atoms with Crippen molar-refractivity contribution in [3.63, 3.8) is 0 Å². The van der Waals surface area contributed by atoms with Crippen LogP contribution in [0.15, 0.2) is 30.3 Å². The van der Waals surface area contributed by atoms with Crippen LogP contribution in [0.1, 0.15) is 44.0 Å². The first-order valence-electron chi connectivity index (χ1n) is 11.2. The highest BCUT2D eigenvalue weighted by atomic mass is 32.1. The van der Waals surface area contributed by atoms with Crippen LogP contribution in [0.4, 0.5) is 0 Å². The Hall–Kier alpha value is -3.13. The molecule has 3 heterocycles. The van der Waals surface area contributed by atoms with Gasteiger partial charge in [-0.15, -0.1) is 0 Å². The van der Waals surface area contributed by atoms with Crippen LogP contribution < -0.4 is 4.57 Å². The summed E-state index contributed by atoms with van der Waals surface area (Å²) in [7, 11) is 2.14. The Balaban J connectivity index is 1.70. The molecule has 0 fully saturated rings.